The largest absolute Gasteiger partial charge is 0.496 e. The van der Waals surface area contributed by atoms with Gasteiger partial charge < -0.3 is 15.0 Å². The van der Waals surface area contributed by atoms with Crippen molar-refractivity contribution in [3.63, 3.8) is 0 Å². The summed E-state index contributed by atoms with van der Waals surface area (Å²) in [6, 6.07) is 12.5. The molecule has 0 unspecified atom stereocenters. The van der Waals surface area contributed by atoms with Gasteiger partial charge in [0.15, 0.2) is 0 Å². The second-order valence-electron chi connectivity index (χ2n) is 5.98. The number of ether oxygens (including phenoxy) is 1. The van der Waals surface area contributed by atoms with E-state index in [-0.39, 0.29) is 12.4 Å². The molecule has 130 valence electrons. The maximum atomic E-state index is 11.6. The number of rotatable bonds is 7. The highest BCUT2D eigenvalue weighted by Crippen LogP contribution is 2.27. The van der Waals surface area contributed by atoms with Crippen molar-refractivity contribution in [2.24, 2.45) is 0 Å². The third-order valence-electron chi connectivity index (χ3n) is 4.47. The molecule has 1 aliphatic heterocycles. The van der Waals surface area contributed by atoms with Gasteiger partial charge in [-0.25, -0.2) is 0 Å². The van der Waals surface area contributed by atoms with Crippen LogP contribution in [-0.4, -0.2) is 37.6 Å². The summed E-state index contributed by atoms with van der Waals surface area (Å²) in [4.78, 5) is 13.6. The molecule has 1 aliphatic rings. The monoisotopic (exact) mass is 348 g/mol. The molecule has 1 amide bonds. The Morgan fingerprint density at radius 2 is 2.04 bits per heavy atom. The lowest BCUT2D eigenvalue weighted by Crippen LogP contribution is -2.28. The predicted octanol–water partition coefficient (Wildman–Crippen LogP) is 3.37. The van der Waals surface area contributed by atoms with E-state index >= 15 is 0 Å². The molecule has 0 saturated carbocycles. The maximum Gasteiger partial charge on any atom is 0.222 e. The zero-order valence-corrected chi connectivity index (χ0v) is 14.9. The summed E-state index contributed by atoms with van der Waals surface area (Å²) in [5.74, 6) is 1.23. The van der Waals surface area contributed by atoms with Crippen LogP contribution in [0.2, 0.25) is 0 Å². The van der Waals surface area contributed by atoms with Crippen molar-refractivity contribution in [3.8, 4) is 5.75 Å². The van der Waals surface area contributed by atoms with Crippen LogP contribution in [0.4, 0.5) is 0 Å². The summed E-state index contributed by atoms with van der Waals surface area (Å²) in [5, 5.41) is 5.95. The Bertz CT molecular complexity index is 690. The minimum Gasteiger partial charge on any atom is -0.496 e. The Kier molecular flexibility index (Phi) is 6.88. The molecule has 0 aliphatic carbocycles. The summed E-state index contributed by atoms with van der Waals surface area (Å²) in [6.45, 7) is 3.46. The van der Waals surface area contributed by atoms with Crippen LogP contribution in [0.5, 0.6) is 5.75 Å². The van der Waals surface area contributed by atoms with E-state index < -0.39 is 0 Å². The zero-order valence-electron chi connectivity index (χ0n) is 14.1. The van der Waals surface area contributed by atoms with E-state index in [2.05, 4.69) is 35.6 Å². The SMILES string of the molecule is COc1ccc2ccccc2c1CNCCCN1CCCC1=O.Cl. The van der Waals surface area contributed by atoms with Crippen molar-refractivity contribution >= 4 is 29.1 Å². The molecule has 3 rings (SSSR count). The first-order valence-electron chi connectivity index (χ1n) is 8.32. The second kappa shape index (κ2) is 8.90. The average molecular weight is 349 g/mol. The van der Waals surface area contributed by atoms with E-state index in [1.807, 2.05) is 11.0 Å². The highest BCUT2D eigenvalue weighted by atomic mass is 35.5. The van der Waals surface area contributed by atoms with Gasteiger partial charge >= 0.3 is 0 Å². The van der Waals surface area contributed by atoms with Gasteiger partial charge in [0.2, 0.25) is 5.91 Å². The molecule has 24 heavy (non-hydrogen) atoms. The summed E-state index contributed by atoms with van der Waals surface area (Å²) in [7, 11) is 1.71. The Morgan fingerprint density at radius 3 is 2.79 bits per heavy atom. The molecule has 5 heteroatoms. The van der Waals surface area contributed by atoms with Gasteiger partial charge in [-0.05, 0) is 36.2 Å². The summed E-state index contributed by atoms with van der Waals surface area (Å²) < 4.78 is 5.51. The van der Waals surface area contributed by atoms with E-state index in [1.165, 1.54) is 16.3 Å². The van der Waals surface area contributed by atoms with Gasteiger partial charge in [0.05, 0.1) is 7.11 Å². The third kappa shape index (κ3) is 4.19. The van der Waals surface area contributed by atoms with Gasteiger partial charge in [-0.2, -0.15) is 0 Å². The third-order valence-corrected chi connectivity index (χ3v) is 4.47. The Morgan fingerprint density at radius 1 is 1.21 bits per heavy atom. The summed E-state index contributed by atoms with van der Waals surface area (Å²) in [6.07, 6.45) is 2.72. The van der Waals surface area contributed by atoms with Crippen molar-refractivity contribution in [3.05, 3.63) is 42.0 Å². The fourth-order valence-electron chi connectivity index (χ4n) is 3.24. The Hall–Kier alpha value is -1.78. The highest BCUT2D eigenvalue weighted by Gasteiger charge is 2.18. The topological polar surface area (TPSA) is 41.6 Å². The summed E-state index contributed by atoms with van der Waals surface area (Å²) >= 11 is 0. The van der Waals surface area contributed by atoms with Crippen molar-refractivity contribution < 1.29 is 9.53 Å². The molecule has 1 saturated heterocycles. The standard InChI is InChI=1S/C19H24N2O2.ClH/c1-23-18-10-9-15-6-2-3-7-16(15)17(18)14-20-11-5-13-21-12-4-8-19(21)22;/h2-3,6-7,9-10,20H,4-5,8,11-14H2,1H3;1H. The molecule has 2 aromatic carbocycles. The van der Waals surface area contributed by atoms with E-state index in [9.17, 15) is 4.79 Å². The van der Waals surface area contributed by atoms with E-state index in [1.54, 1.807) is 7.11 Å². The van der Waals surface area contributed by atoms with Gasteiger partial charge in [0.1, 0.15) is 5.75 Å². The average Bonchev–Trinajstić information content (AvgIpc) is 2.99. The lowest BCUT2D eigenvalue weighted by Gasteiger charge is -2.16. The second-order valence-corrected chi connectivity index (χ2v) is 5.98. The maximum absolute atomic E-state index is 11.6. The van der Waals surface area contributed by atoms with Crippen molar-refractivity contribution in [1.29, 1.82) is 0 Å². The van der Waals surface area contributed by atoms with Gasteiger partial charge in [0.25, 0.3) is 0 Å². The van der Waals surface area contributed by atoms with Gasteiger partial charge in [0, 0.05) is 31.6 Å². The number of likely N-dealkylation sites (tertiary alicyclic amines) is 1. The molecule has 0 spiro atoms. The van der Waals surface area contributed by atoms with Crippen molar-refractivity contribution in [2.75, 3.05) is 26.7 Å². The van der Waals surface area contributed by atoms with Crippen LogP contribution in [-0.2, 0) is 11.3 Å². The number of nitrogens with one attached hydrogen (secondary N) is 1. The quantitative estimate of drug-likeness (QED) is 0.780. The number of hydrogen-bond donors (Lipinski definition) is 1. The van der Waals surface area contributed by atoms with Crippen LogP contribution >= 0.6 is 12.4 Å². The number of nitrogens with zero attached hydrogens (tertiary/aromatic N) is 1. The van der Waals surface area contributed by atoms with Crippen LogP contribution in [0.3, 0.4) is 0 Å². The number of halogens is 1. The number of methoxy groups -OCH3 is 1. The van der Waals surface area contributed by atoms with Crippen LogP contribution in [0, 0.1) is 0 Å². The molecular formula is C19H25ClN2O2. The first-order valence-corrected chi connectivity index (χ1v) is 8.32. The van der Waals surface area contributed by atoms with E-state index in [0.29, 0.717) is 5.91 Å². The van der Waals surface area contributed by atoms with Crippen LogP contribution in [0.1, 0.15) is 24.8 Å². The fourth-order valence-corrected chi connectivity index (χ4v) is 3.24. The van der Waals surface area contributed by atoms with Gasteiger partial charge in [-0.1, -0.05) is 30.3 Å². The fraction of sp³-hybridized carbons (Fsp3) is 0.421. The summed E-state index contributed by atoms with van der Waals surface area (Å²) in [5.41, 5.74) is 1.20. The van der Waals surface area contributed by atoms with Gasteiger partial charge in [-0.3, -0.25) is 4.79 Å². The van der Waals surface area contributed by atoms with E-state index in [4.69, 9.17) is 4.74 Å². The smallest absolute Gasteiger partial charge is 0.222 e. The number of hydrogen-bond acceptors (Lipinski definition) is 3. The molecule has 0 aromatic heterocycles. The lowest BCUT2D eigenvalue weighted by atomic mass is 10.0. The number of fused-ring (bicyclic) bond motifs is 1. The van der Waals surface area contributed by atoms with E-state index in [0.717, 1.165) is 51.2 Å². The number of benzene rings is 2. The normalized spacial score (nSPS) is 14.0. The molecule has 1 N–H and O–H groups in total. The molecule has 1 heterocycles. The Labute approximate surface area is 149 Å². The van der Waals surface area contributed by atoms with Crippen molar-refractivity contribution in [2.45, 2.75) is 25.8 Å². The number of amides is 1. The minimum atomic E-state index is 0. The lowest BCUT2D eigenvalue weighted by molar-refractivity contribution is -0.127. The highest BCUT2D eigenvalue weighted by molar-refractivity contribution is 5.87. The van der Waals surface area contributed by atoms with Crippen LogP contribution in [0.25, 0.3) is 10.8 Å². The Balaban J connectivity index is 0.00000208. The van der Waals surface area contributed by atoms with Gasteiger partial charge in [-0.15, -0.1) is 12.4 Å². The number of carbonyl (C=O) groups excluding carboxylic acids is 1. The zero-order chi connectivity index (χ0) is 16.1. The molecule has 0 atom stereocenters. The molecule has 0 radical (unpaired) electrons. The molecule has 4 nitrogen and oxygen atoms in total. The predicted molar refractivity (Wildman–Crippen MR) is 99.9 cm³/mol. The molecule has 1 fully saturated rings. The van der Waals surface area contributed by atoms with Crippen molar-refractivity contribution in [1.82, 2.24) is 10.2 Å². The number of carbonyl (C=O) groups is 1. The molecular weight excluding hydrogens is 324 g/mol. The van der Waals surface area contributed by atoms with Crippen LogP contribution < -0.4 is 10.1 Å². The minimum absolute atomic E-state index is 0. The molecule has 0 bridgehead atoms. The first-order chi connectivity index (χ1) is 11.3. The van der Waals surface area contributed by atoms with Crippen LogP contribution in [0.15, 0.2) is 36.4 Å². The first kappa shape index (κ1) is 18.6. The molecule has 2 aromatic rings.